The Morgan fingerprint density at radius 2 is 1.70 bits per heavy atom. The van der Waals surface area contributed by atoms with Gasteiger partial charge in [-0.3, -0.25) is 4.79 Å². The molecule has 0 atom stereocenters. The van der Waals surface area contributed by atoms with Crippen LogP contribution in [0.1, 0.15) is 29.5 Å². The average molecular weight is 410 g/mol. The van der Waals surface area contributed by atoms with Crippen LogP contribution in [0.25, 0.3) is 11.0 Å². The van der Waals surface area contributed by atoms with E-state index in [1.807, 2.05) is 6.07 Å². The number of carbonyl (C=O) groups is 3. The fourth-order valence-electron chi connectivity index (χ4n) is 2.80. The zero-order valence-corrected chi connectivity index (χ0v) is 16.5. The van der Waals surface area contributed by atoms with Crippen molar-refractivity contribution in [1.82, 2.24) is 5.32 Å². The molecule has 0 fully saturated rings. The number of rotatable bonds is 8. The van der Waals surface area contributed by atoms with Gasteiger partial charge in [0, 0.05) is 17.6 Å². The van der Waals surface area contributed by atoms with Gasteiger partial charge in [0.15, 0.2) is 0 Å². The minimum absolute atomic E-state index is 0.0196. The third kappa shape index (κ3) is 5.38. The Morgan fingerprint density at radius 3 is 2.47 bits per heavy atom. The van der Waals surface area contributed by atoms with E-state index in [1.165, 1.54) is 0 Å². The number of benzene rings is 2. The Bertz CT molecular complexity index is 1030. The van der Waals surface area contributed by atoms with Crippen LogP contribution in [0.3, 0.4) is 0 Å². The van der Waals surface area contributed by atoms with E-state index < -0.39 is 18.0 Å². The van der Waals surface area contributed by atoms with E-state index in [4.69, 9.17) is 13.9 Å². The number of urea groups is 1. The zero-order chi connectivity index (χ0) is 21.3. The Hall–Kier alpha value is -3.81. The van der Waals surface area contributed by atoms with E-state index in [1.54, 1.807) is 55.5 Å². The van der Waals surface area contributed by atoms with Gasteiger partial charge >= 0.3 is 18.0 Å². The number of furan rings is 1. The topological polar surface area (TPSA) is 107 Å². The van der Waals surface area contributed by atoms with Gasteiger partial charge in [-0.2, -0.15) is 0 Å². The molecule has 0 aliphatic carbocycles. The maximum absolute atomic E-state index is 12.2. The van der Waals surface area contributed by atoms with Crippen LogP contribution in [0, 0.1) is 0 Å². The van der Waals surface area contributed by atoms with E-state index in [0.29, 0.717) is 22.2 Å². The van der Waals surface area contributed by atoms with E-state index in [0.717, 1.165) is 0 Å². The maximum Gasteiger partial charge on any atom is 0.374 e. The molecule has 0 saturated heterocycles. The summed E-state index contributed by atoms with van der Waals surface area (Å²) in [4.78, 5) is 36.1. The summed E-state index contributed by atoms with van der Waals surface area (Å²) in [7, 11) is 0. The standard InChI is InChI=1S/C22H22N2O6/c1-2-28-21(26)20-17(16-10-6-7-11-18(16)30-20)14-29-19(25)12-13-23-22(27)24-15-8-4-3-5-9-15/h3-11H,2,12-14H2,1H3,(H2,23,24,27). The van der Waals surface area contributed by atoms with Crippen LogP contribution in [0.4, 0.5) is 10.5 Å². The maximum atomic E-state index is 12.2. The number of hydrogen-bond donors (Lipinski definition) is 2. The molecule has 2 amide bonds. The number of anilines is 1. The van der Waals surface area contributed by atoms with Crippen LogP contribution in [-0.4, -0.2) is 31.1 Å². The van der Waals surface area contributed by atoms with Crippen molar-refractivity contribution in [2.24, 2.45) is 0 Å². The molecule has 0 spiro atoms. The van der Waals surface area contributed by atoms with Gasteiger partial charge < -0.3 is 24.5 Å². The van der Waals surface area contributed by atoms with Crippen LogP contribution in [0.2, 0.25) is 0 Å². The molecule has 0 saturated carbocycles. The molecule has 2 N–H and O–H groups in total. The molecule has 30 heavy (non-hydrogen) atoms. The summed E-state index contributed by atoms with van der Waals surface area (Å²) in [5.41, 5.74) is 1.61. The number of para-hydroxylation sites is 2. The van der Waals surface area contributed by atoms with Crippen LogP contribution in [-0.2, 0) is 20.9 Å². The molecule has 0 aliphatic rings. The van der Waals surface area contributed by atoms with Gasteiger partial charge in [0.1, 0.15) is 12.2 Å². The molecule has 8 nitrogen and oxygen atoms in total. The summed E-state index contributed by atoms with van der Waals surface area (Å²) in [5, 5.41) is 5.92. The number of esters is 2. The lowest BCUT2D eigenvalue weighted by molar-refractivity contribution is -0.144. The molecule has 1 heterocycles. The Labute approximate surface area is 173 Å². The number of hydrogen-bond acceptors (Lipinski definition) is 6. The first-order chi connectivity index (χ1) is 14.6. The quantitative estimate of drug-likeness (QED) is 0.546. The highest BCUT2D eigenvalue weighted by Crippen LogP contribution is 2.27. The molecule has 3 rings (SSSR count). The average Bonchev–Trinajstić information content (AvgIpc) is 3.12. The molecule has 156 valence electrons. The molecule has 8 heteroatoms. The van der Waals surface area contributed by atoms with Crippen LogP contribution < -0.4 is 10.6 Å². The van der Waals surface area contributed by atoms with Crippen LogP contribution in [0.15, 0.2) is 59.0 Å². The summed E-state index contributed by atoms with van der Waals surface area (Å²) in [6.07, 6.45) is -0.0211. The highest BCUT2D eigenvalue weighted by atomic mass is 16.5. The normalized spacial score (nSPS) is 10.4. The Morgan fingerprint density at radius 1 is 0.967 bits per heavy atom. The molecular weight excluding hydrogens is 388 g/mol. The smallest absolute Gasteiger partial charge is 0.374 e. The molecule has 0 bridgehead atoms. The first-order valence-corrected chi connectivity index (χ1v) is 9.51. The van der Waals surface area contributed by atoms with Gasteiger partial charge in [-0.15, -0.1) is 0 Å². The summed E-state index contributed by atoms with van der Waals surface area (Å²) in [5.74, 6) is -1.11. The van der Waals surface area contributed by atoms with Crippen molar-refractivity contribution in [2.75, 3.05) is 18.5 Å². The molecule has 1 aromatic heterocycles. The zero-order valence-electron chi connectivity index (χ0n) is 16.5. The van der Waals surface area contributed by atoms with Crippen molar-refractivity contribution in [3.63, 3.8) is 0 Å². The molecule has 0 unspecified atom stereocenters. The lowest BCUT2D eigenvalue weighted by Gasteiger charge is -2.08. The van der Waals surface area contributed by atoms with Gasteiger partial charge in [0.2, 0.25) is 5.76 Å². The monoisotopic (exact) mass is 410 g/mol. The van der Waals surface area contributed by atoms with Crippen molar-refractivity contribution in [2.45, 2.75) is 20.0 Å². The number of amides is 2. The lowest BCUT2D eigenvalue weighted by Crippen LogP contribution is -2.30. The predicted octanol–water partition coefficient (Wildman–Crippen LogP) is 3.86. The van der Waals surface area contributed by atoms with Gasteiger partial charge in [-0.25, -0.2) is 9.59 Å². The highest BCUT2D eigenvalue weighted by Gasteiger charge is 2.22. The molecule has 0 aliphatic heterocycles. The predicted molar refractivity (Wildman–Crippen MR) is 110 cm³/mol. The van der Waals surface area contributed by atoms with Crippen LogP contribution >= 0.6 is 0 Å². The molecule has 2 aromatic carbocycles. The molecule has 3 aromatic rings. The second kappa shape index (κ2) is 10.1. The first-order valence-electron chi connectivity index (χ1n) is 9.51. The minimum atomic E-state index is -0.612. The van der Waals surface area contributed by atoms with Crippen molar-refractivity contribution in [1.29, 1.82) is 0 Å². The van der Waals surface area contributed by atoms with Gasteiger partial charge in [-0.1, -0.05) is 36.4 Å². The summed E-state index contributed by atoms with van der Waals surface area (Å²) < 4.78 is 15.9. The summed E-state index contributed by atoms with van der Waals surface area (Å²) in [6.45, 7) is 1.86. The Kier molecular flexibility index (Phi) is 7.05. The third-order valence-electron chi connectivity index (χ3n) is 4.18. The van der Waals surface area contributed by atoms with Gasteiger partial charge in [0.25, 0.3) is 0 Å². The van der Waals surface area contributed by atoms with E-state index in [2.05, 4.69) is 10.6 Å². The fourth-order valence-corrected chi connectivity index (χ4v) is 2.80. The largest absolute Gasteiger partial charge is 0.461 e. The molecule has 0 radical (unpaired) electrons. The number of carbonyl (C=O) groups excluding carboxylic acids is 3. The third-order valence-corrected chi connectivity index (χ3v) is 4.18. The minimum Gasteiger partial charge on any atom is -0.461 e. The van der Waals surface area contributed by atoms with E-state index in [-0.39, 0.29) is 31.9 Å². The first kappa shape index (κ1) is 20.9. The van der Waals surface area contributed by atoms with E-state index in [9.17, 15) is 14.4 Å². The van der Waals surface area contributed by atoms with Crippen molar-refractivity contribution < 1.29 is 28.3 Å². The lowest BCUT2D eigenvalue weighted by atomic mass is 10.1. The number of fused-ring (bicyclic) bond motifs is 1. The van der Waals surface area contributed by atoms with Crippen molar-refractivity contribution >= 4 is 34.6 Å². The van der Waals surface area contributed by atoms with Crippen molar-refractivity contribution in [3.05, 3.63) is 65.9 Å². The SMILES string of the molecule is CCOC(=O)c1oc2ccccc2c1COC(=O)CCNC(=O)Nc1ccccc1. The second-order valence-corrected chi connectivity index (χ2v) is 6.28. The second-order valence-electron chi connectivity index (χ2n) is 6.28. The fraction of sp³-hybridized carbons (Fsp3) is 0.227. The summed E-state index contributed by atoms with van der Waals surface area (Å²) in [6, 6.07) is 15.6. The van der Waals surface area contributed by atoms with Gasteiger partial charge in [0.05, 0.1) is 18.6 Å². The van der Waals surface area contributed by atoms with Crippen LogP contribution in [0.5, 0.6) is 0 Å². The summed E-state index contributed by atoms with van der Waals surface area (Å²) >= 11 is 0. The van der Waals surface area contributed by atoms with E-state index >= 15 is 0 Å². The number of nitrogens with one attached hydrogen (secondary N) is 2. The molecular formula is C22H22N2O6. The number of ether oxygens (including phenoxy) is 2. The van der Waals surface area contributed by atoms with Gasteiger partial charge in [-0.05, 0) is 25.1 Å². The Balaban J connectivity index is 1.53. The highest BCUT2D eigenvalue weighted by molar-refractivity contribution is 5.96. The van der Waals surface area contributed by atoms with Crippen molar-refractivity contribution in [3.8, 4) is 0 Å².